The van der Waals surface area contributed by atoms with Crippen LogP contribution in [0.1, 0.15) is 11.4 Å². The molecule has 0 fully saturated rings. The van der Waals surface area contributed by atoms with Gasteiger partial charge in [0.15, 0.2) is 0 Å². The van der Waals surface area contributed by atoms with E-state index in [0.29, 0.717) is 6.42 Å². The first-order chi connectivity index (χ1) is 8.20. The van der Waals surface area contributed by atoms with E-state index >= 15 is 0 Å². The molecule has 1 aromatic carbocycles. The molecule has 0 radical (unpaired) electrons. The molecule has 0 atom stereocenters. The molecule has 0 unspecified atom stereocenters. The van der Waals surface area contributed by atoms with E-state index in [-0.39, 0.29) is 11.5 Å². The molecule has 2 aromatic rings. The Labute approximate surface area is 106 Å². The summed E-state index contributed by atoms with van der Waals surface area (Å²) in [5, 5.41) is 4.41. The summed E-state index contributed by atoms with van der Waals surface area (Å²) in [6.07, 6.45) is 0.374. The second-order valence-electron chi connectivity index (χ2n) is 3.90. The fourth-order valence-corrected chi connectivity index (χ4v) is 1.84. The molecule has 3 nitrogen and oxygen atoms in total. The van der Waals surface area contributed by atoms with E-state index in [0.717, 1.165) is 17.1 Å². The Morgan fingerprint density at radius 3 is 2.71 bits per heavy atom. The van der Waals surface area contributed by atoms with Crippen molar-refractivity contribution in [1.29, 1.82) is 0 Å². The van der Waals surface area contributed by atoms with Gasteiger partial charge in [0.2, 0.25) is 0 Å². The van der Waals surface area contributed by atoms with Crippen LogP contribution >= 0.6 is 12.6 Å². The Bertz CT molecular complexity index is 519. The van der Waals surface area contributed by atoms with Crippen LogP contribution in [0.25, 0.3) is 5.69 Å². The van der Waals surface area contributed by atoms with Gasteiger partial charge >= 0.3 is 0 Å². The smallest absolute Gasteiger partial charge is 0.148 e. The average Bonchev–Trinajstić information content (AvgIpc) is 2.71. The number of ketones is 1. The summed E-state index contributed by atoms with van der Waals surface area (Å²) >= 11 is 3.99. The summed E-state index contributed by atoms with van der Waals surface area (Å²) in [5.41, 5.74) is 2.80. The molecule has 0 amide bonds. The third-order valence-corrected chi connectivity index (χ3v) is 2.81. The fraction of sp³-hybridized carbons (Fsp3) is 0.231. The molecule has 17 heavy (non-hydrogen) atoms. The van der Waals surface area contributed by atoms with Crippen molar-refractivity contribution in [2.75, 3.05) is 5.75 Å². The fourth-order valence-electron chi connectivity index (χ4n) is 1.73. The highest BCUT2D eigenvalue weighted by atomic mass is 32.1. The van der Waals surface area contributed by atoms with Crippen LogP contribution in [-0.4, -0.2) is 21.3 Å². The number of para-hydroxylation sites is 1. The van der Waals surface area contributed by atoms with E-state index in [1.54, 1.807) is 0 Å². The highest BCUT2D eigenvalue weighted by Gasteiger charge is 2.10. The molecule has 0 aliphatic rings. The predicted octanol–water partition coefficient (Wildman–Crippen LogP) is 2.22. The number of rotatable bonds is 4. The van der Waals surface area contributed by atoms with Gasteiger partial charge in [0.1, 0.15) is 5.78 Å². The molecule has 4 heteroatoms. The molecule has 0 saturated heterocycles. The van der Waals surface area contributed by atoms with E-state index < -0.39 is 0 Å². The number of aryl methyl sites for hydroxylation is 1. The zero-order chi connectivity index (χ0) is 12.3. The first-order valence-corrected chi connectivity index (χ1v) is 6.07. The summed E-state index contributed by atoms with van der Waals surface area (Å²) in [7, 11) is 0. The van der Waals surface area contributed by atoms with Crippen molar-refractivity contribution < 1.29 is 4.79 Å². The van der Waals surface area contributed by atoms with Crippen molar-refractivity contribution in [2.24, 2.45) is 0 Å². The minimum atomic E-state index is 0.102. The number of nitrogens with zero attached hydrogens (tertiary/aromatic N) is 2. The number of Topliss-reactive ketones (excluding diaryl/α,β-unsaturated/α-hetero) is 1. The summed E-state index contributed by atoms with van der Waals surface area (Å²) in [6.45, 7) is 1.92. The van der Waals surface area contributed by atoms with Gasteiger partial charge in [-0.2, -0.15) is 17.7 Å². The van der Waals surface area contributed by atoms with Gasteiger partial charge in [-0.1, -0.05) is 18.2 Å². The van der Waals surface area contributed by atoms with Crippen LogP contribution in [0, 0.1) is 6.92 Å². The van der Waals surface area contributed by atoms with Crippen molar-refractivity contribution >= 4 is 18.4 Å². The Balaban J connectivity index is 2.37. The molecule has 0 aliphatic carbocycles. The minimum Gasteiger partial charge on any atom is -0.298 e. The molecule has 0 spiro atoms. The number of benzene rings is 1. The number of thiol groups is 1. The molecular formula is C13H14N2OS. The molecule has 88 valence electrons. The lowest BCUT2D eigenvalue weighted by Gasteiger charge is -2.05. The molecule has 0 saturated carbocycles. The minimum absolute atomic E-state index is 0.102. The quantitative estimate of drug-likeness (QED) is 0.840. The maximum absolute atomic E-state index is 11.5. The highest BCUT2D eigenvalue weighted by molar-refractivity contribution is 7.81. The zero-order valence-corrected chi connectivity index (χ0v) is 10.5. The standard InChI is InChI=1S/C13H14N2OS/c1-10-7-12(8-13(16)9-17)15(14-10)11-5-3-2-4-6-11/h2-7,17H,8-9H2,1H3. The number of hydrogen-bond donors (Lipinski definition) is 1. The molecule has 0 N–H and O–H groups in total. The number of aromatic nitrogens is 2. The Hall–Kier alpha value is -1.55. The molecule has 1 heterocycles. The van der Waals surface area contributed by atoms with Gasteiger partial charge < -0.3 is 0 Å². The van der Waals surface area contributed by atoms with Gasteiger partial charge in [-0.25, -0.2) is 4.68 Å². The van der Waals surface area contributed by atoms with E-state index in [1.165, 1.54) is 0 Å². The van der Waals surface area contributed by atoms with Crippen molar-refractivity contribution in [1.82, 2.24) is 9.78 Å². The van der Waals surface area contributed by atoms with Crippen LogP contribution in [0.15, 0.2) is 36.4 Å². The topological polar surface area (TPSA) is 34.9 Å². The van der Waals surface area contributed by atoms with Crippen LogP contribution in [0.3, 0.4) is 0 Å². The predicted molar refractivity (Wildman–Crippen MR) is 70.9 cm³/mol. The van der Waals surface area contributed by atoms with E-state index in [2.05, 4.69) is 17.7 Å². The normalized spacial score (nSPS) is 10.5. The first-order valence-electron chi connectivity index (χ1n) is 5.44. The molecule has 1 aromatic heterocycles. The lowest BCUT2D eigenvalue weighted by atomic mass is 10.2. The van der Waals surface area contributed by atoms with Crippen molar-refractivity contribution in [2.45, 2.75) is 13.3 Å². The molecule has 0 bridgehead atoms. The largest absolute Gasteiger partial charge is 0.298 e. The van der Waals surface area contributed by atoms with Crippen LogP contribution in [0.4, 0.5) is 0 Å². The number of carbonyl (C=O) groups is 1. The number of hydrogen-bond acceptors (Lipinski definition) is 3. The van der Waals surface area contributed by atoms with Gasteiger partial charge in [-0.15, -0.1) is 0 Å². The highest BCUT2D eigenvalue weighted by Crippen LogP contribution is 2.13. The lowest BCUT2D eigenvalue weighted by Crippen LogP contribution is -2.09. The SMILES string of the molecule is Cc1cc(CC(=O)CS)n(-c2ccccc2)n1. The summed E-state index contributed by atoms with van der Waals surface area (Å²) in [5.74, 6) is 0.365. The third-order valence-electron chi connectivity index (χ3n) is 2.46. The van der Waals surface area contributed by atoms with Gasteiger partial charge in [-0.05, 0) is 25.1 Å². The second-order valence-corrected chi connectivity index (χ2v) is 4.21. The van der Waals surface area contributed by atoms with Crippen LogP contribution in [0.5, 0.6) is 0 Å². The van der Waals surface area contributed by atoms with Gasteiger partial charge in [0.05, 0.1) is 17.1 Å². The van der Waals surface area contributed by atoms with Gasteiger partial charge in [0.25, 0.3) is 0 Å². The first kappa shape index (κ1) is 11.9. The molecule has 0 aliphatic heterocycles. The van der Waals surface area contributed by atoms with Crippen molar-refractivity contribution in [3.63, 3.8) is 0 Å². The third kappa shape index (κ3) is 2.77. The Morgan fingerprint density at radius 2 is 2.06 bits per heavy atom. The van der Waals surface area contributed by atoms with Crippen molar-refractivity contribution in [3.8, 4) is 5.69 Å². The lowest BCUT2D eigenvalue weighted by molar-refractivity contribution is -0.116. The van der Waals surface area contributed by atoms with Crippen LogP contribution in [0.2, 0.25) is 0 Å². The van der Waals surface area contributed by atoms with Crippen LogP contribution < -0.4 is 0 Å². The van der Waals surface area contributed by atoms with Gasteiger partial charge in [-0.3, -0.25) is 4.79 Å². The number of carbonyl (C=O) groups excluding carboxylic acids is 1. The maximum atomic E-state index is 11.5. The Morgan fingerprint density at radius 1 is 1.35 bits per heavy atom. The monoisotopic (exact) mass is 246 g/mol. The Kier molecular flexibility index (Phi) is 3.64. The maximum Gasteiger partial charge on any atom is 0.148 e. The van der Waals surface area contributed by atoms with Gasteiger partial charge in [0, 0.05) is 12.2 Å². The van der Waals surface area contributed by atoms with Crippen molar-refractivity contribution in [3.05, 3.63) is 47.8 Å². The van der Waals surface area contributed by atoms with E-state index in [9.17, 15) is 4.79 Å². The average molecular weight is 246 g/mol. The summed E-state index contributed by atoms with van der Waals surface area (Å²) in [4.78, 5) is 11.5. The summed E-state index contributed by atoms with van der Waals surface area (Å²) < 4.78 is 1.82. The van der Waals surface area contributed by atoms with Crippen LogP contribution in [-0.2, 0) is 11.2 Å². The molecule has 2 rings (SSSR count). The van der Waals surface area contributed by atoms with E-state index in [1.807, 2.05) is 48.0 Å². The second kappa shape index (κ2) is 5.19. The zero-order valence-electron chi connectivity index (χ0n) is 9.63. The summed E-state index contributed by atoms with van der Waals surface area (Å²) in [6, 6.07) is 11.8. The molecular weight excluding hydrogens is 232 g/mol. The van der Waals surface area contributed by atoms with E-state index in [4.69, 9.17) is 0 Å².